The Hall–Kier alpha value is -2.26. The Morgan fingerprint density at radius 1 is 1.21 bits per heavy atom. The van der Waals surface area contributed by atoms with Crippen molar-refractivity contribution < 1.29 is 27.4 Å². The molecule has 0 radical (unpaired) electrons. The van der Waals surface area contributed by atoms with E-state index in [-0.39, 0.29) is 11.3 Å². The van der Waals surface area contributed by atoms with Crippen LogP contribution < -0.4 is 4.74 Å². The zero-order valence-corrected chi connectivity index (χ0v) is 17.0. The van der Waals surface area contributed by atoms with Gasteiger partial charge in [-0.1, -0.05) is 0 Å². The number of hydrogen-bond acceptors (Lipinski definition) is 5. The van der Waals surface area contributed by atoms with Gasteiger partial charge in [0.2, 0.25) is 0 Å². The van der Waals surface area contributed by atoms with Gasteiger partial charge in [0.25, 0.3) is 0 Å². The molecule has 1 aromatic carbocycles. The summed E-state index contributed by atoms with van der Waals surface area (Å²) >= 11 is 1.68. The number of nitrogens with zero attached hydrogens (tertiary/aromatic N) is 2. The van der Waals surface area contributed by atoms with Crippen LogP contribution in [0.4, 0.5) is 17.6 Å². The molecule has 0 aliphatic carbocycles. The third kappa shape index (κ3) is 5.22. The number of thiophene rings is 1. The van der Waals surface area contributed by atoms with Crippen molar-refractivity contribution in [3.63, 3.8) is 0 Å². The topological polar surface area (TPSA) is 55.2 Å². The first-order valence-corrected chi connectivity index (χ1v) is 9.62. The minimum absolute atomic E-state index is 0.0768. The Labute approximate surface area is 170 Å². The van der Waals surface area contributed by atoms with E-state index in [0.29, 0.717) is 0 Å². The van der Waals surface area contributed by atoms with E-state index in [2.05, 4.69) is 10.2 Å². The summed E-state index contributed by atoms with van der Waals surface area (Å²) in [5, 5.41) is 20.2. The predicted molar refractivity (Wildman–Crippen MR) is 105 cm³/mol. The monoisotopic (exact) mass is 430 g/mol. The first kappa shape index (κ1) is 23.0. The molecule has 0 saturated carbocycles. The number of rotatable bonds is 6. The van der Waals surface area contributed by atoms with Crippen molar-refractivity contribution in [1.82, 2.24) is 10.2 Å². The number of aliphatic hydroxyl groups excluding tert-OH is 1. The van der Waals surface area contributed by atoms with E-state index < -0.39 is 36.4 Å². The molecule has 2 heterocycles. The van der Waals surface area contributed by atoms with Gasteiger partial charge < -0.3 is 9.84 Å². The number of alkyl halides is 3. The Kier molecular flexibility index (Phi) is 7.92. The van der Waals surface area contributed by atoms with Crippen molar-refractivity contribution in [3.8, 4) is 5.75 Å². The van der Waals surface area contributed by atoms with Gasteiger partial charge in [-0.05, 0) is 43.5 Å². The molecule has 9 heteroatoms. The standard InChI is InChI=1S/C14H18F4O2.C6H4N2S/c1-8(16)12(19)13(18)14(2,7-15)10-6-9(17)4-5-11(10)20-3;1-2-9-6-4-8-7-3-5(1)6/h4-6,8,12-13,19H,7H2,1-3H3;1-4H. The lowest BCUT2D eigenvalue weighted by Crippen LogP contribution is -2.46. The highest BCUT2D eigenvalue weighted by molar-refractivity contribution is 7.17. The van der Waals surface area contributed by atoms with Crippen LogP contribution in [0.15, 0.2) is 42.0 Å². The molecule has 4 unspecified atom stereocenters. The third-order valence-electron chi connectivity index (χ3n) is 4.60. The van der Waals surface area contributed by atoms with Crippen molar-refractivity contribution in [2.24, 2.45) is 0 Å². The SMILES string of the molecule is COc1ccc(F)cc1C(C)(CF)C(F)C(O)C(C)F.c1cc2cnncc2s1. The Morgan fingerprint density at radius 3 is 2.48 bits per heavy atom. The highest BCUT2D eigenvalue weighted by Crippen LogP contribution is 2.39. The molecule has 2 aromatic heterocycles. The van der Waals surface area contributed by atoms with Crippen LogP contribution in [0.25, 0.3) is 10.1 Å². The van der Waals surface area contributed by atoms with Crippen LogP contribution in [0.5, 0.6) is 5.75 Å². The molecule has 0 spiro atoms. The molecule has 4 nitrogen and oxygen atoms in total. The summed E-state index contributed by atoms with van der Waals surface area (Å²) in [4.78, 5) is 0. The Bertz CT molecular complexity index is 894. The van der Waals surface area contributed by atoms with Crippen molar-refractivity contribution in [1.29, 1.82) is 0 Å². The van der Waals surface area contributed by atoms with Gasteiger partial charge >= 0.3 is 0 Å². The third-order valence-corrected chi connectivity index (χ3v) is 5.47. The van der Waals surface area contributed by atoms with E-state index in [1.807, 2.05) is 11.4 Å². The molecule has 0 fully saturated rings. The summed E-state index contributed by atoms with van der Waals surface area (Å²) in [7, 11) is 1.27. The molecule has 1 N–H and O–H groups in total. The van der Waals surface area contributed by atoms with Crippen LogP contribution in [-0.4, -0.2) is 47.5 Å². The molecule has 0 bridgehead atoms. The van der Waals surface area contributed by atoms with Gasteiger partial charge in [-0.15, -0.1) is 11.3 Å². The summed E-state index contributed by atoms with van der Waals surface area (Å²) in [6.07, 6.45) is -2.59. The van der Waals surface area contributed by atoms with Gasteiger partial charge in [-0.25, -0.2) is 13.2 Å². The number of methoxy groups -OCH3 is 1. The van der Waals surface area contributed by atoms with Gasteiger partial charge in [0.1, 0.15) is 36.7 Å². The van der Waals surface area contributed by atoms with Crippen LogP contribution in [0.3, 0.4) is 0 Å². The maximum Gasteiger partial charge on any atom is 0.141 e. The van der Waals surface area contributed by atoms with Crippen LogP contribution in [0.1, 0.15) is 19.4 Å². The summed E-state index contributed by atoms with van der Waals surface area (Å²) in [5.41, 5.74) is -2.00. The Morgan fingerprint density at radius 2 is 1.90 bits per heavy atom. The number of ether oxygens (including phenoxy) is 1. The summed E-state index contributed by atoms with van der Waals surface area (Å²) in [6.45, 7) is 0.886. The van der Waals surface area contributed by atoms with Crippen molar-refractivity contribution in [2.75, 3.05) is 13.8 Å². The maximum atomic E-state index is 14.3. The number of halogens is 4. The lowest BCUT2D eigenvalue weighted by molar-refractivity contribution is -0.0208. The van der Waals surface area contributed by atoms with Gasteiger partial charge in [-0.3, -0.25) is 4.39 Å². The second-order valence-electron chi connectivity index (χ2n) is 6.69. The second-order valence-corrected chi connectivity index (χ2v) is 7.64. The summed E-state index contributed by atoms with van der Waals surface area (Å²) in [5.74, 6) is -0.622. The smallest absolute Gasteiger partial charge is 0.141 e. The summed E-state index contributed by atoms with van der Waals surface area (Å²) < 4.78 is 60.3. The van der Waals surface area contributed by atoms with Crippen LogP contribution >= 0.6 is 11.3 Å². The lowest BCUT2D eigenvalue weighted by atomic mass is 9.76. The van der Waals surface area contributed by atoms with Crippen molar-refractivity contribution in [2.45, 2.75) is 37.7 Å². The number of fused-ring (bicyclic) bond motifs is 1. The molecule has 3 rings (SSSR count). The fourth-order valence-electron chi connectivity index (χ4n) is 2.75. The zero-order valence-electron chi connectivity index (χ0n) is 16.2. The van der Waals surface area contributed by atoms with Gasteiger partial charge in [0, 0.05) is 10.9 Å². The van der Waals surface area contributed by atoms with Crippen molar-refractivity contribution in [3.05, 3.63) is 53.4 Å². The molecule has 158 valence electrons. The van der Waals surface area contributed by atoms with Gasteiger partial charge in [-0.2, -0.15) is 10.2 Å². The predicted octanol–water partition coefficient (Wildman–Crippen LogP) is 4.81. The lowest BCUT2D eigenvalue weighted by Gasteiger charge is -2.34. The largest absolute Gasteiger partial charge is 0.496 e. The normalized spacial score (nSPS) is 16.3. The molecular formula is C20H22F4N2O2S. The van der Waals surface area contributed by atoms with E-state index in [1.54, 1.807) is 23.7 Å². The molecule has 4 atom stereocenters. The average Bonchev–Trinajstić information content (AvgIpc) is 3.21. The molecular weight excluding hydrogens is 408 g/mol. The quantitative estimate of drug-likeness (QED) is 0.571. The van der Waals surface area contributed by atoms with E-state index in [4.69, 9.17) is 4.74 Å². The highest BCUT2D eigenvalue weighted by atomic mass is 32.1. The zero-order chi connectivity index (χ0) is 21.6. The number of aromatic nitrogens is 2. The molecule has 29 heavy (non-hydrogen) atoms. The fourth-order valence-corrected chi connectivity index (χ4v) is 3.48. The van der Waals surface area contributed by atoms with Gasteiger partial charge in [0.15, 0.2) is 0 Å². The minimum atomic E-state index is -2.25. The first-order chi connectivity index (χ1) is 13.7. The molecule has 0 amide bonds. The summed E-state index contributed by atoms with van der Waals surface area (Å²) in [6, 6.07) is 5.29. The first-order valence-electron chi connectivity index (χ1n) is 8.74. The number of hydrogen-bond donors (Lipinski definition) is 1. The maximum absolute atomic E-state index is 14.3. The molecule has 0 aliphatic rings. The number of benzene rings is 1. The molecule has 0 aliphatic heterocycles. The minimum Gasteiger partial charge on any atom is -0.496 e. The van der Waals surface area contributed by atoms with E-state index >= 15 is 0 Å². The average molecular weight is 430 g/mol. The second kappa shape index (κ2) is 9.98. The fraction of sp³-hybridized carbons (Fsp3) is 0.400. The highest BCUT2D eigenvalue weighted by Gasteiger charge is 2.44. The van der Waals surface area contributed by atoms with Crippen molar-refractivity contribution >= 4 is 21.4 Å². The van der Waals surface area contributed by atoms with Crippen LogP contribution in [0.2, 0.25) is 0 Å². The van der Waals surface area contributed by atoms with E-state index in [0.717, 1.165) is 26.0 Å². The van der Waals surface area contributed by atoms with Crippen LogP contribution in [0, 0.1) is 5.82 Å². The van der Waals surface area contributed by atoms with Gasteiger partial charge in [0.05, 0.1) is 29.6 Å². The van der Waals surface area contributed by atoms with E-state index in [1.165, 1.54) is 23.3 Å². The Balaban J connectivity index is 0.000000272. The molecule has 0 saturated heterocycles. The number of aliphatic hydroxyl groups is 1. The van der Waals surface area contributed by atoms with E-state index in [9.17, 15) is 22.7 Å². The molecule has 3 aromatic rings. The van der Waals surface area contributed by atoms with Crippen LogP contribution in [-0.2, 0) is 5.41 Å².